The molecule has 1 saturated heterocycles. The van der Waals surface area contributed by atoms with Crippen LogP contribution < -0.4 is 4.74 Å². The third-order valence-electron chi connectivity index (χ3n) is 6.94. The lowest BCUT2D eigenvalue weighted by molar-refractivity contribution is -0.274. The van der Waals surface area contributed by atoms with Crippen LogP contribution in [0.3, 0.4) is 0 Å². The highest BCUT2D eigenvalue weighted by Gasteiger charge is 2.38. The molecule has 0 spiro atoms. The summed E-state index contributed by atoms with van der Waals surface area (Å²) in [6.07, 6.45) is -2.85. The summed E-state index contributed by atoms with van der Waals surface area (Å²) in [7, 11) is 0. The molecule has 0 aromatic heterocycles. The van der Waals surface area contributed by atoms with E-state index in [1.54, 1.807) is 6.07 Å². The summed E-state index contributed by atoms with van der Waals surface area (Å²) in [6, 6.07) is 8.41. The summed E-state index contributed by atoms with van der Waals surface area (Å²) in [6.45, 7) is 10.6. The molecule has 0 unspecified atom stereocenters. The molecule has 182 valence electrons. The van der Waals surface area contributed by atoms with Crippen LogP contribution in [-0.4, -0.2) is 28.2 Å². The van der Waals surface area contributed by atoms with Crippen LogP contribution in [0.1, 0.15) is 62.8 Å². The van der Waals surface area contributed by atoms with Gasteiger partial charge in [0.05, 0.1) is 12.3 Å². The zero-order valence-corrected chi connectivity index (χ0v) is 20.7. The molecule has 4 rings (SSSR count). The minimum atomic E-state index is -4.85. The summed E-state index contributed by atoms with van der Waals surface area (Å²) in [5.41, 5.74) is 4.53. The first kappa shape index (κ1) is 24.6. The van der Waals surface area contributed by atoms with E-state index in [0.29, 0.717) is 16.7 Å². The highest BCUT2D eigenvalue weighted by molar-refractivity contribution is 8.14. The van der Waals surface area contributed by atoms with Gasteiger partial charge in [0.1, 0.15) is 5.75 Å². The van der Waals surface area contributed by atoms with Gasteiger partial charge in [0.15, 0.2) is 0 Å². The Labute approximate surface area is 201 Å². The molecule has 2 aromatic carbocycles. The number of hydrogen-bond donors (Lipinski definition) is 0. The van der Waals surface area contributed by atoms with Gasteiger partial charge in [-0.3, -0.25) is 14.5 Å². The number of alkyl halides is 3. The van der Waals surface area contributed by atoms with Crippen molar-refractivity contribution in [3.8, 4) is 16.9 Å². The van der Waals surface area contributed by atoms with Crippen molar-refractivity contribution >= 4 is 22.9 Å². The fourth-order valence-corrected chi connectivity index (χ4v) is 5.55. The topological polar surface area (TPSA) is 46.6 Å². The van der Waals surface area contributed by atoms with Crippen molar-refractivity contribution in [2.24, 2.45) is 0 Å². The van der Waals surface area contributed by atoms with Crippen LogP contribution in [0.25, 0.3) is 11.1 Å². The van der Waals surface area contributed by atoms with Crippen molar-refractivity contribution < 1.29 is 27.5 Å². The minimum Gasteiger partial charge on any atom is -0.405 e. The molecule has 34 heavy (non-hydrogen) atoms. The third kappa shape index (κ3) is 4.69. The quantitative estimate of drug-likeness (QED) is 0.457. The van der Waals surface area contributed by atoms with Gasteiger partial charge in [0, 0.05) is 5.56 Å². The second-order valence-corrected chi connectivity index (χ2v) is 11.3. The molecule has 2 amide bonds. The van der Waals surface area contributed by atoms with Crippen LogP contribution >= 0.6 is 11.8 Å². The van der Waals surface area contributed by atoms with Gasteiger partial charge in [-0.2, -0.15) is 0 Å². The minimum absolute atomic E-state index is 0.00643. The molecule has 8 heteroatoms. The van der Waals surface area contributed by atoms with E-state index in [2.05, 4.69) is 38.5 Å². The first-order valence-corrected chi connectivity index (χ1v) is 12.2. The predicted molar refractivity (Wildman–Crippen MR) is 127 cm³/mol. The second kappa shape index (κ2) is 8.33. The number of ether oxygens (including phenoxy) is 1. The number of benzene rings is 2. The van der Waals surface area contributed by atoms with Gasteiger partial charge >= 0.3 is 6.36 Å². The molecule has 2 aliphatic rings. The molecule has 0 N–H and O–H groups in total. The van der Waals surface area contributed by atoms with Gasteiger partial charge in [-0.1, -0.05) is 51.6 Å². The number of carbonyl (C=O) groups excluding carboxylic acids is 2. The molecule has 1 heterocycles. The van der Waals surface area contributed by atoms with Crippen molar-refractivity contribution in [2.75, 3.05) is 5.75 Å². The maximum absolute atomic E-state index is 13.2. The molecule has 0 bridgehead atoms. The monoisotopic (exact) mass is 491 g/mol. The van der Waals surface area contributed by atoms with E-state index in [9.17, 15) is 22.8 Å². The number of nitrogens with zero attached hydrogens (tertiary/aromatic N) is 1. The lowest BCUT2D eigenvalue weighted by Gasteiger charge is -2.42. The SMILES string of the molecule is Cc1cc2c(cc1-c1cc(CN3C(=O)CSC3=O)ccc1OC(F)(F)F)C(C)(C)CCC2(C)C. The van der Waals surface area contributed by atoms with Gasteiger partial charge in [-0.25, -0.2) is 0 Å². The average molecular weight is 492 g/mol. The number of halogens is 3. The Morgan fingerprint density at radius 1 is 0.971 bits per heavy atom. The van der Waals surface area contributed by atoms with Crippen LogP contribution in [0.2, 0.25) is 0 Å². The molecule has 2 aromatic rings. The van der Waals surface area contributed by atoms with Crippen LogP contribution in [0.5, 0.6) is 5.75 Å². The fraction of sp³-hybridized carbons (Fsp3) is 0.462. The van der Waals surface area contributed by atoms with Crippen molar-refractivity contribution in [3.63, 3.8) is 0 Å². The van der Waals surface area contributed by atoms with Crippen molar-refractivity contribution in [1.29, 1.82) is 0 Å². The maximum Gasteiger partial charge on any atom is 0.573 e. The Morgan fingerprint density at radius 2 is 1.59 bits per heavy atom. The number of amides is 2. The average Bonchev–Trinajstić information content (AvgIpc) is 3.03. The van der Waals surface area contributed by atoms with Gasteiger partial charge in [-0.05, 0) is 76.6 Å². The van der Waals surface area contributed by atoms with E-state index in [1.165, 1.54) is 17.7 Å². The number of rotatable bonds is 4. The first-order valence-electron chi connectivity index (χ1n) is 11.2. The van der Waals surface area contributed by atoms with E-state index < -0.39 is 6.36 Å². The Kier molecular flexibility index (Phi) is 6.03. The van der Waals surface area contributed by atoms with Crippen molar-refractivity contribution in [3.05, 3.63) is 52.6 Å². The lowest BCUT2D eigenvalue weighted by atomic mass is 9.62. The Bertz CT molecular complexity index is 1150. The Balaban J connectivity index is 1.86. The standard InChI is InChI=1S/C26H28F3NO3S/c1-15-10-19-20(25(4,5)9-8-24(19,2)3)12-17(15)18-11-16(6-7-21(18)33-26(27,28)29)13-30-22(31)14-34-23(30)32/h6-7,10-12H,8-9,13-14H2,1-5H3. The molecule has 4 nitrogen and oxygen atoms in total. The van der Waals surface area contributed by atoms with Gasteiger partial charge in [-0.15, -0.1) is 13.2 Å². The van der Waals surface area contributed by atoms with E-state index in [0.717, 1.165) is 40.6 Å². The van der Waals surface area contributed by atoms with E-state index in [-0.39, 0.29) is 40.0 Å². The second-order valence-electron chi connectivity index (χ2n) is 10.4. The molecule has 1 aliphatic carbocycles. The highest BCUT2D eigenvalue weighted by atomic mass is 32.2. The van der Waals surface area contributed by atoms with E-state index >= 15 is 0 Å². The largest absolute Gasteiger partial charge is 0.573 e. The molecule has 0 saturated carbocycles. The maximum atomic E-state index is 13.2. The Hall–Kier alpha value is -2.48. The molecule has 1 aliphatic heterocycles. The highest BCUT2D eigenvalue weighted by Crippen LogP contribution is 2.48. The number of thioether (sulfide) groups is 1. The van der Waals surface area contributed by atoms with Crippen LogP contribution in [0, 0.1) is 6.92 Å². The Morgan fingerprint density at radius 3 is 2.15 bits per heavy atom. The molecular formula is C26H28F3NO3S. The van der Waals surface area contributed by atoms with Crippen LogP contribution in [-0.2, 0) is 22.2 Å². The summed E-state index contributed by atoms with van der Waals surface area (Å²) in [5.74, 6) is -0.530. The van der Waals surface area contributed by atoms with Gasteiger partial charge in [0.2, 0.25) is 5.91 Å². The fourth-order valence-electron chi connectivity index (χ4n) is 4.83. The molecular weight excluding hydrogens is 463 g/mol. The van der Waals surface area contributed by atoms with Crippen LogP contribution in [0.15, 0.2) is 30.3 Å². The van der Waals surface area contributed by atoms with E-state index in [4.69, 9.17) is 0 Å². The smallest absolute Gasteiger partial charge is 0.405 e. The van der Waals surface area contributed by atoms with Gasteiger partial charge in [0.25, 0.3) is 5.24 Å². The summed E-state index contributed by atoms with van der Waals surface area (Å²) in [5, 5.41) is -0.351. The number of carbonyl (C=O) groups is 2. The number of aryl methyl sites for hydroxylation is 1. The predicted octanol–water partition coefficient (Wildman–Crippen LogP) is 7.11. The van der Waals surface area contributed by atoms with Crippen LogP contribution in [0.4, 0.5) is 18.0 Å². The number of imide groups is 1. The normalized spacial score (nSPS) is 19.4. The van der Waals surface area contributed by atoms with Crippen molar-refractivity contribution in [1.82, 2.24) is 4.90 Å². The zero-order valence-electron chi connectivity index (χ0n) is 19.9. The third-order valence-corrected chi connectivity index (χ3v) is 7.80. The summed E-state index contributed by atoms with van der Waals surface area (Å²) < 4.78 is 44.1. The van der Waals surface area contributed by atoms with Gasteiger partial charge < -0.3 is 4.74 Å². The number of hydrogen-bond acceptors (Lipinski definition) is 4. The molecule has 0 atom stereocenters. The van der Waals surface area contributed by atoms with E-state index in [1.807, 2.05) is 13.0 Å². The number of fused-ring (bicyclic) bond motifs is 1. The zero-order chi connectivity index (χ0) is 25.1. The summed E-state index contributed by atoms with van der Waals surface area (Å²) >= 11 is 0.926. The molecule has 1 fully saturated rings. The lowest BCUT2D eigenvalue weighted by Crippen LogP contribution is -2.34. The summed E-state index contributed by atoms with van der Waals surface area (Å²) in [4.78, 5) is 25.2. The van der Waals surface area contributed by atoms with Crippen molar-refractivity contribution in [2.45, 2.75) is 71.2 Å². The molecule has 0 radical (unpaired) electrons. The first-order chi connectivity index (χ1) is 15.7.